The van der Waals surface area contributed by atoms with Crippen LogP contribution in [-0.4, -0.2) is 48.6 Å². The molecule has 0 aromatic rings. The van der Waals surface area contributed by atoms with Crippen molar-refractivity contribution >= 4 is 0 Å². The monoisotopic (exact) mass is 230 g/mol. The second kappa shape index (κ2) is 8.93. The molecule has 0 aromatic heterocycles. The number of hydrogen-bond donors (Lipinski definition) is 4. The molecule has 4 heteroatoms. The minimum atomic E-state index is -0.0856. The Morgan fingerprint density at radius 2 is 1.12 bits per heavy atom. The fourth-order valence-corrected chi connectivity index (χ4v) is 2.00. The van der Waals surface area contributed by atoms with Crippen LogP contribution in [0.2, 0.25) is 0 Å². The third-order valence-corrected chi connectivity index (χ3v) is 3.04. The highest BCUT2D eigenvalue weighted by molar-refractivity contribution is 4.64. The molecule has 0 aromatic carbocycles. The first kappa shape index (κ1) is 13.9. The van der Waals surface area contributed by atoms with Gasteiger partial charge >= 0.3 is 0 Å². The molecule has 0 radical (unpaired) electrons. The van der Waals surface area contributed by atoms with Gasteiger partial charge < -0.3 is 20.8 Å². The maximum atomic E-state index is 9.03. The summed E-state index contributed by atoms with van der Waals surface area (Å²) in [4.78, 5) is 0. The van der Waals surface area contributed by atoms with E-state index in [0.717, 1.165) is 39.0 Å². The molecule has 2 heterocycles. The van der Waals surface area contributed by atoms with Gasteiger partial charge in [0.15, 0.2) is 0 Å². The number of rotatable bonds is 0. The molecule has 4 nitrogen and oxygen atoms in total. The Balaban J connectivity index is 0.000000160. The smallest absolute Gasteiger partial charge is 0.0664 e. The number of hydrogen-bond acceptors (Lipinski definition) is 4. The summed E-state index contributed by atoms with van der Waals surface area (Å²) in [5.41, 5.74) is 0. The quantitative estimate of drug-likeness (QED) is 0.481. The standard InChI is InChI=1S/2C6H13NO/c2*8-6-3-1-2-4-7-5-6/h2*6-8H,1-5H2. The molecule has 2 saturated heterocycles. The van der Waals surface area contributed by atoms with Crippen LogP contribution in [0.5, 0.6) is 0 Å². The summed E-state index contributed by atoms with van der Waals surface area (Å²) in [6.07, 6.45) is 6.58. The van der Waals surface area contributed by atoms with Gasteiger partial charge in [-0.1, -0.05) is 0 Å². The third kappa shape index (κ3) is 7.17. The van der Waals surface area contributed by atoms with Gasteiger partial charge in [0, 0.05) is 13.1 Å². The van der Waals surface area contributed by atoms with Crippen LogP contribution in [-0.2, 0) is 0 Å². The van der Waals surface area contributed by atoms with E-state index in [1.54, 1.807) is 0 Å². The Kier molecular flexibility index (Phi) is 7.76. The Bertz CT molecular complexity index is 133. The Morgan fingerprint density at radius 1 is 0.688 bits per heavy atom. The minimum Gasteiger partial charge on any atom is -0.392 e. The fourth-order valence-electron chi connectivity index (χ4n) is 2.00. The summed E-state index contributed by atoms with van der Waals surface area (Å²) in [5, 5.41) is 24.3. The normalized spacial score (nSPS) is 31.9. The summed E-state index contributed by atoms with van der Waals surface area (Å²) in [7, 11) is 0. The highest BCUT2D eigenvalue weighted by atomic mass is 16.3. The van der Waals surface area contributed by atoms with Gasteiger partial charge in [-0.15, -0.1) is 0 Å². The number of aliphatic hydroxyl groups is 2. The van der Waals surface area contributed by atoms with Crippen LogP contribution in [0, 0.1) is 0 Å². The predicted octanol–water partition coefficient (Wildman–Crippen LogP) is 0.242. The van der Waals surface area contributed by atoms with Crippen LogP contribution in [0.4, 0.5) is 0 Å². The molecule has 2 aliphatic heterocycles. The Morgan fingerprint density at radius 3 is 1.56 bits per heavy atom. The van der Waals surface area contributed by atoms with E-state index < -0.39 is 0 Å². The Labute approximate surface area is 98.4 Å². The molecule has 0 aliphatic carbocycles. The van der Waals surface area contributed by atoms with E-state index in [2.05, 4.69) is 10.6 Å². The van der Waals surface area contributed by atoms with Gasteiger partial charge in [-0.2, -0.15) is 0 Å². The van der Waals surface area contributed by atoms with Crippen molar-refractivity contribution in [2.24, 2.45) is 0 Å². The molecular weight excluding hydrogens is 204 g/mol. The van der Waals surface area contributed by atoms with E-state index in [-0.39, 0.29) is 12.2 Å². The summed E-state index contributed by atoms with van der Waals surface area (Å²) in [5.74, 6) is 0. The zero-order chi connectivity index (χ0) is 11.6. The lowest BCUT2D eigenvalue weighted by atomic mass is 10.2. The molecular formula is C12H26N2O2. The maximum absolute atomic E-state index is 9.03. The van der Waals surface area contributed by atoms with Crippen LogP contribution in [0.25, 0.3) is 0 Å². The van der Waals surface area contributed by atoms with Crippen molar-refractivity contribution in [1.29, 1.82) is 0 Å². The van der Waals surface area contributed by atoms with Gasteiger partial charge in [-0.3, -0.25) is 0 Å². The van der Waals surface area contributed by atoms with E-state index >= 15 is 0 Å². The first-order chi connectivity index (χ1) is 7.79. The summed E-state index contributed by atoms with van der Waals surface area (Å²) >= 11 is 0. The highest BCUT2D eigenvalue weighted by Crippen LogP contribution is 2.02. The van der Waals surface area contributed by atoms with Crippen molar-refractivity contribution in [2.75, 3.05) is 26.2 Å². The highest BCUT2D eigenvalue weighted by Gasteiger charge is 2.06. The average molecular weight is 230 g/mol. The molecule has 4 N–H and O–H groups in total. The molecule has 0 amide bonds. The van der Waals surface area contributed by atoms with E-state index in [4.69, 9.17) is 10.2 Å². The van der Waals surface area contributed by atoms with Crippen molar-refractivity contribution in [3.63, 3.8) is 0 Å². The van der Waals surface area contributed by atoms with Crippen LogP contribution < -0.4 is 10.6 Å². The zero-order valence-electron chi connectivity index (χ0n) is 10.1. The van der Waals surface area contributed by atoms with Gasteiger partial charge in [0.2, 0.25) is 0 Å². The van der Waals surface area contributed by atoms with Gasteiger partial charge in [0.1, 0.15) is 0 Å². The van der Waals surface area contributed by atoms with Crippen molar-refractivity contribution in [3.05, 3.63) is 0 Å². The van der Waals surface area contributed by atoms with Crippen LogP contribution in [0.1, 0.15) is 38.5 Å². The number of aliphatic hydroxyl groups excluding tert-OH is 2. The fraction of sp³-hybridized carbons (Fsp3) is 1.00. The second-order valence-corrected chi connectivity index (χ2v) is 4.71. The molecule has 0 saturated carbocycles. The molecule has 0 bridgehead atoms. The van der Waals surface area contributed by atoms with Crippen LogP contribution >= 0.6 is 0 Å². The van der Waals surface area contributed by atoms with Crippen molar-refractivity contribution < 1.29 is 10.2 Å². The van der Waals surface area contributed by atoms with Crippen molar-refractivity contribution in [3.8, 4) is 0 Å². The summed E-state index contributed by atoms with van der Waals surface area (Å²) in [6, 6.07) is 0. The number of β-amino-alcohol motifs (C(OH)–C–C–N with tert-alkyl or cyclic N) is 2. The molecule has 2 unspecified atom stereocenters. The topological polar surface area (TPSA) is 64.5 Å². The van der Waals surface area contributed by atoms with Crippen molar-refractivity contribution in [2.45, 2.75) is 50.7 Å². The van der Waals surface area contributed by atoms with Crippen molar-refractivity contribution in [1.82, 2.24) is 10.6 Å². The molecule has 2 atom stereocenters. The molecule has 0 spiro atoms. The van der Waals surface area contributed by atoms with Gasteiger partial charge in [-0.25, -0.2) is 0 Å². The number of nitrogens with one attached hydrogen (secondary N) is 2. The summed E-state index contributed by atoms with van der Waals surface area (Å²) in [6.45, 7) is 3.74. The Hall–Kier alpha value is -0.160. The second-order valence-electron chi connectivity index (χ2n) is 4.71. The minimum absolute atomic E-state index is 0.0856. The first-order valence-corrected chi connectivity index (χ1v) is 6.56. The largest absolute Gasteiger partial charge is 0.392 e. The maximum Gasteiger partial charge on any atom is 0.0664 e. The molecule has 16 heavy (non-hydrogen) atoms. The van der Waals surface area contributed by atoms with E-state index in [9.17, 15) is 0 Å². The van der Waals surface area contributed by atoms with Crippen LogP contribution in [0.15, 0.2) is 0 Å². The lowest BCUT2D eigenvalue weighted by molar-refractivity contribution is 0.168. The van der Waals surface area contributed by atoms with E-state index in [1.807, 2.05) is 0 Å². The van der Waals surface area contributed by atoms with E-state index in [1.165, 1.54) is 25.7 Å². The zero-order valence-corrected chi connectivity index (χ0v) is 10.1. The van der Waals surface area contributed by atoms with Gasteiger partial charge in [-0.05, 0) is 51.6 Å². The van der Waals surface area contributed by atoms with Crippen LogP contribution in [0.3, 0.4) is 0 Å². The lowest BCUT2D eigenvalue weighted by Crippen LogP contribution is -2.23. The predicted molar refractivity (Wildman–Crippen MR) is 65.5 cm³/mol. The van der Waals surface area contributed by atoms with E-state index in [0.29, 0.717) is 0 Å². The lowest BCUT2D eigenvalue weighted by Gasteiger charge is -2.03. The third-order valence-electron chi connectivity index (χ3n) is 3.04. The van der Waals surface area contributed by atoms with Gasteiger partial charge in [0.25, 0.3) is 0 Å². The van der Waals surface area contributed by atoms with Gasteiger partial charge in [0.05, 0.1) is 12.2 Å². The molecule has 2 fully saturated rings. The SMILES string of the molecule is OC1CCCCNC1.OC1CCCCNC1. The molecule has 96 valence electrons. The summed E-state index contributed by atoms with van der Waals surface area (Å²) < 4.78 is 0. The molecule has 2 aliphatic rings. The average Bonchev–Trinajstić information content (AvgIpc) is 2.64. The first-order valence-electron chi connectivity index (χ1n) is 6.56. The molecule has 2 rings (SSSR count).